The molecule has 3 heteroatoms. The third kappa shape index (κ3) is 3.32. The standard InChI is InChI=1S/C24H30O3/c1-16-14-19-20(23(4,5)13-12-22(19,2)3)15-17(16)18-8-7-10-24(18,27-6)11-9-21(25)26/h8,14-15H,7,10,12-13H2,1-6H3,(H,25,26). The maximum absolute atomic E-state index is 11.0. The number of rotatable bonds is 2. The molecular weight excluding hydrogens is 336 g/mol. The van der Waals surface area contributed by atoms with Crippen molar-refractivity contribution >= 4 is 11.5 Å². The van der Waals surface area contributed by atoms with Gasteiger partial charge in [-0.3, -0.25) is 0 Å². The smallest absolute Gasteiger partial charge is 0.382 e. The third-order valence-corrected chi connectivity index (χ3v) is 6.49. The normalized spacial score (nSPS) is 25.2. The second-order valence-electron chi connectivity index (χ2n) is 9.22. The Morgan fingerprint density at radius 2 is 1.67 bits per heavy atom. The number of fused-ring (bicyclic) bond motifs is 1. The Hall–Kier alpha value is -2.05. The molecule has 0 aliphatic heterocycles. The zero-order valence-electron chi connectivity index (χ0n) is 17.3. The largest absolute Gasteiger partial charge is 0.472 e. The predicted molar refractivity (Wildman–Crippen MR) is 109 cm³/mol. The molecule has 144 valence electrons. The van der Waals surface area contributed by atoms with Crippen LogP contribution in [0.25, 0.3) is 5.57 Å². The highest BCUT2D eigenvalue weighted by atomic mass is 16.5. The predicted octanol–water partition coefficient (Wildman–Crippen LogP) is 4.99. The molecule has 2 aliphatic carbocycles. The van der Waals surface area contributed by atoms with Gasteiger partial charge in [0, 0.05) is 13.0 Å². The van der Waals surface area contributed by atoms with Crippen molar-refractivity contribution in [3.05, 3.63) is 40.5 Å². The van der Waals surface area contributed by atoms with Crippen molar-refractivity contribution in [1.82, 2.24) is 0 Å². The Balaban J connectivity index is 2.19. The van der Waals surface area contributed by atoms with Gasteiger partial charge in [0.15, 0.2) is 5.60 Å². The van der Waals surface area contributed by atoms with Crippen molar-refractivity contribution in [2.75, 3.05) is 7.11 Å². The van der Waals surface area contributed by atoms with E-state index in [-0.39, 0.29) is 10.8 Å². The van der Waals surface area contributed by atoms with Crippen molar-refractivity contribution in [2.24, 2.45) is 0 Å². The molecule has 0 amide bonds. The number of carboxylic acid groups (broad SMARTS) is 1. The van der Waals surface area contributed by atoms with Gasteiger partial charge in [0.05, 0.1) is 0 Å². The Morgan fingerprint density at radius 1 is 1.07 bits per heavy atom. The van der Waals surface area contributed by atoms with E-state index in [1.807, 2.05) is 0 Å². The van der Waals surface area contributed by atoms with E-state index in [1.54, 1.807) is 7.11 Å². The third-order valence-electron chi connectivity index (χ3n) is 6.49. The molecular formula is C24H30O3. The molecule has 0 aromatic heterocycles. The molecule has 1 aromatic rings. The molecule has 0 bridgehead atoms. The minimum atomic E-state index is -1.12. The molecule has 0 fully saturated rings. The Bertz CT molecular complexity index is 877. The fourth-order valence-electron chi connectivity index (χ4n) is 4.61. The van der Waals surface area contributed by atoms with Gasteiger partial charge in [0.2, 0.25) is 0 Å². The lowest BCUT2D eigenvalue weighted by Gasteiger charge is -2.42. The van der Waals surface area contributed by atoms with Crippen LogP contribution in [-0.2, 0) is 20.4 Å². The van der Waals surface area contributed by atoms with E-state index in [4.69, 9.17) is 9.84 Å². The first-order valence-corrected chi connectivity index (χ1v) is 9.70. The number of benzene rings is 1. The first kappa shape index (κ1) is 19.7. The molecule has 0 radical (unpaired) electrons. The van der Waals surface area contributed by atoms with Crippen LogP contribution in [-0.4, -0.2) is 23.8 Å². The van der Waals surface area contributed by atoms with Gasteiger partial charge in [-0.15, -0.1) is 0 Å². The highest BCUT2D eigenvalue weighted by Gasteiger charge is 2.41. The quantitative estimate of drug-likeness (QED) is 0.750. The van der Waals surface area contributed by atoms with Crippen LogP contribution in [0.3, 0.4) is 0 Å². The van der Waals surface area contributed by atoms with Crippen LogP contribution in [0.1, 0.15) is 75.6 Å². The van der Waals surface area contributed by atoms with E-state index >= 15 is 0 Å². The molecule has 1 N–H and O–H groups in total. The van der Waals surface area contributed by atoms with E-state index in [9.17, 15) is 4.79 Å². The Kier molecular flexibility index (Phi) is 4.77. The SMILES string of the molecule is COC1(C#CC(=O)O)CCC=C1c1cc2c(cc1C)C(C)(C)CCC2(C)C. The number of ether oxygens (including phenoxy) is 1. The maximum Gasteiger partial charge on any atom is 0.382 e. The summed E-state index contributed by atoms with van der Waals surface area (Å²) < 4.78 is 5.80. The van der Waals surface area contributed by atoms with Crippen LogP contribution in [0, 0.1) is 18.8 Å². The highest BCUT2D eigenvalue weighted by Crippen LogP contribution is 2.49. The molecule has 27 heavy (non-hydrogen) atoms. The summed E-state index contributed by atoms with van der Waals surface area (Å²) in [7, 11) is 1.62. The summed E-state index contributed by atoms with van der Waals surface area (Å²) >= 11 is 0. The molecule has 2 aliphatic rings. The Labute approximate surface area is 162 Å². The van der Waals surface area contributed by atoms with Gasteiger partial charge >= 0.3 is 5.97 Å². The van der Waals surface area contributed by atoms with Gasteiger partial charge in [-0.25, -0.2) is 4.79 Å². The van der Waals surface area contributed by atoms with Crippen molar-refractivity contribution < 1.29 is 14.6 Å². The van der Waals surface area contributed by atoms with Gasteiger partial charge in [-0.1, -0.05) is 51.8 Å². The van der Waals surface area contributed by atoms with Gasteiger partial charge in [0.25, 0.3) is 0 Å². The lowest BCUT2D eigenvalue weighted by molar-refractivity contribution is -0.130. The van der Waals surface area contributed by atoms with E-state index in [0.29, 0.717) is 6.42 Å². The average Bonchev–Trinajstić information content (AvgIpc) is 3.01. The fourth-order valence-corrected chi connectivity index (χ4v) is 4.61. The van der Waals surface area contributed by atoms with Crippen LogP contribution in [0.2, 0.25) is 0 Å². The second-order valence-corrected chi connectivity index (χ2v) is 9.22. The molecule has 3 rings (SSSR count). The van der Waals surface area contributed by atoms with Gasteiger partial charge in [0.1, 0.15) is 0 Å². The van der Waals surface area contributed by atoms with Crippen LogP contribution in [0.15, 0.2) is 18.2 Å². The molecule has 1 atom stereocenters. The monoisotopic (exact) mass is 366 g/mol. The number of aliphatic carboxylic acids is 1. The van der Waals surface area contributed by atoms with Gasteiger partial charge in [-0.2, -0.15) is 0 Å². The molecule has 0 saturated carbocycles. The minimum Gasteiger partial charge on any atom is -0.472 e. The zero-order valence-corrected chi connectivity index (χ0v) is 17.3. The van der Waals surface area contributed by atoms with Crippen LogP contribution in [0.5, 0.6) is 0 Å². The molecule has 3 nitrogen and oxygen atoms in total. The van der Waals surface area contributed by atoms with E-state index in [0.717, 1.165) is 24.0 Å². The summed E-state index contributed by atoms with van der Waals surface area (Å²) in [6.07, 6.45) is 6.02. The molecule has 0 heterocycles. The number of aryl methyl sites for hydroxylation is 1. The van der Waals surface area contributed by atoms with Gasteiger partial charge in [-0.05, 0) is 71.3 Å². The van der Waals surface area contributed by atoms with Crippen LogP contribution >= 0.6 is 0 Å². The Morgan fingerprint density at radius 3 is 2.22 bits per heavy atom. The zero-order chi connectivity index (χ0) is 20.0. The number of hydrogen-bond donors (Lipinski definition) is 1. The fraction of sp³-hybridized carbons (Fsp3) is 0.542. The average molecular weight is 367 g/mol. The van der Waals surface area contributed by atoms with Crippen molar-refractivity contribution in [3.63, 3.8) is 0 Å². The lowest BCUT2D eigenvalue weighted by atomic mass is 9.62. The van der Waals surface area contributed by atoms with Gasteiger partial charge < -0.3 is 9.84 Å². The van der Waals surface area contributed by atoms with Crippen molar-refractivity contribution in [2.45, 2.75) is 76.7 Å². The second kappa shape index (κ2) is 6.53. The minimum absolute atomic E-state index is 0.120. The maximum atomic E-state index is 11.0. The number of methoxy groups -OCH3 is 1. The number of hydrogen-bond acceptors (Lipinski definition) is 2. The van der Waals surface area contributed by atoms with Crippen LogP contribution in [0.4, 0.5) is 0 Å². The lowest BCUT2D eigenvalue weighted by Crippen LogP contribution is -2.35. The first-order chi connectivity index (χ1) is 12.5. The number of carboxylic acids is 1. The van der Waals surface area contributed by atoms with E-state index in [1.165, 1.54) is 23.1 Å². The van der Waals surface area contributed by atoms with E-state index in [2.05, 4.69) is 64.7 Å². The topological polar surface area (TPSA) is 46.5 Å². The van der Waals surface area contributed by atoms with E-state index < -0.39 is 11.6 Å². The summed E-state index contributed by atoms with van der Waals surface area (Å²) in [6, 6.07) is 4.65. The van der Waals surface area contributed by atoms with Crippen molar-refractivity contribution in [3.8, 4) is 11.8 Å². The summed E-state index contributed by atoms with van der Waals surface area (Å²) in [5.74, 6) is 4.07. The summed E-state index contributed by atoms with van der Waals surface area (Å²) in [4.78, 5) is 11.0. The highest BCUT2D eigenvalue weighted by molar-refractivity contribution is 5.89. The first-order valence-electron chi connectivity index (χ1n) is 9.70. The van der Waals surface area contributed by atoms with Crippen LogP contribution < -0.4 is 0 Å². The number of carbonyl (C=O) groups is 1. The summed E-state index contributed by atoms with van der Waals surface area (Å²) in [5, 5.41) is 9.03. The molecule has 0 spiro atoms. The molecule has 1 unspecified atom stereocenters. The molecule has 0 saturated heterocycles. The summed E-state index contributed by atoms with van der Waals surface area (Å²) in [6.45, 7) is 11.4. The molecule has 1 aromatic carbocycles. The van der Waals surface area contributed by atoms with Crippen molar-refractivity contribution in [1.29, 1.82) is 0 Å². The summed E-state index contributed by atoms with van der Waals surface area (Å²) in [5.41, 5.74) is 5.62. The number of allylic oxidation sites excluding steroid dienone is 1.